The Morgan fingerprint density at radius 3 is 2.63 bits per heavy atom. The largest absolute Gasteiger partial charge is 0.307 e. The van der Waals surface area contributed by atoms with Gasteiger partial charge in [0.2, 0.25) is 0 Å². The summed E-state index contributed by atoms with van der Waals surface area (Å²) in [7, 11) is 0. The van der Waals surface area contributed by atoms with Crippen LogP contribution in [0.2, 0.25) is 10.0 Å². The highest BCUT2D eigenvalue weighted by molar-refractivity contribution is 6.33. The van der Waals surface area contributed by atoms with Gasteiger partial charge in [0.05, 0.1) is 0 Å². The van der Waals surface area contributed by atoms with Crippen LogP contribution in [-0.2, 0) is 0 Å². The Labute approximate surface area is 126 Å². The molecule has 0 radical (unpaired) electrons. The van der Waals surface area contributed by atoms with Gasteiger partial charge in [-0.2, -0.15) is 0 Å². The number of likely N-dealkylation sites (tertiary alicyclic amines) is 1. The normalized spacial score (nSPS) is 19.6. The second kappa shape index (κ2) is 6.94. The van der Waals surface area contributed by atoms with E-state index in [0.717, 1.165) is 22.2 Å². The third-order valence-corrected chi connectivity index (χ3v) is 4.52. The van der Waals surface area contributed by atoms with Gasteiger partial charge >= 0.3 is 0 Å². The van der Waals surface area contributed by atoms with Gasteiger partial charge < -0.3 is 10.2 Å². The Morgan fingerprint density at radius 1 is 1.32 bits per heavy atom. The third kappa shape index (κ3) is 4.09. The van der Waals surface area contributed by atoms with Crippen molar-refractivity contribution in [3.8, 4) is 0 Å². The minimum Gasteiger partial charge on any atom is -0.307 e. The lowest BCUT2D eigenvalue weighted by Crippen LogP contribution is -2.43. The van der Waals surface area contributed by atoms with Crippen LogP contribution < -0.4 is 5.32 Å². The maximum absolute atomic E-state index is 6.25. The monoisotopic (exact) mass is 300 g/mol. The highest BCUT2D eigenvalue weighted by atomic mass is 35.5. The molecule has 19 heavy (non-hydrogen) atoms. The highest BCUT2D eigenvalue weighted by Gasteiger charge is 2.20. The van der Waals surface area contributed by atoms with E-state index in [0.29, 0.717) is 6.04 Å². The molecule has 0 spiro atoms. The van der Waals surface area contributed by atoms with E-state index in [1.807, 2.05) is 18.2 Å². The summed E-state index contributed by atoms with van der Waals surface area (Å²) >= 11 is 12.3. The first-order chi connectivity index (χ1) is 9.10. The van der Waals surface area contributed by atoms with Crippen molar-refractivity contribution in [1.29, 1.82) is 0 Å². The summed E-state index contributed by atoms with van der Waals surface area (Å²) in [6.45, 7) is 7.91. The van der Waals surface area contributed by atoms with Crippen LogP contribution in [0.4, 0.5) is 0 Å². The number of hydrogen-bond acceptors (Lipinski definition) is 2. The van der Waals surface area contributed by atoms with Gasteiger partial charge in [0.25, 0.3) is 0 Å². The molecule has 1 fully saturated rings. The second-order valence-corrected chi connectivity index (χ2v) is 6.11. The van der Waals surface area contributed by atoms with E-state index in [4.69, 9.17) is 23.2 Å². The zero-order valence-corrected chi connectivity index (χ0v) is 13.1. The summed E-state index contributed by atoms with van der Waals surface area (Å²) in [6, 6.07) is 6.48. The van der Waals surface area contributed by atoms with E-state index in [9.17, 15) is 0 Å². The van der Waals surface area contributed by atoms with Crippen molar-refractivity contribution in [1.82, 2.24) is 10.2 Å². The van der Waals surface area contributed by atoms with Crippen LogP contribution in [-0.4, -0.2) is 30.6 Å². The Morgan fingerprint density at radius 2 is 2.00 bits per heavy atom. The van der Waals surface area contributed by atoms with E-state index in [1.54, 1.807) is 0 Å². The SMILES string of the molecule is CCN1CCC(NC(C)c2cc(Cl)ccc2Cl)CC1. The molecular formula is C15H22Cl2N2. The van der Waals surface area contributed by atoms with Crippen molar-refractivity contribution in [2.24, 2.45) is 0 Å². The van der Waals surface area contributed by atoms with Crippen molar-refractivity contribution < 1.29 is 0 Å². The fourth-order valence-electron chi connectivity index (χ4n) is 2.71. The molecule has 0 bridgehead atoms. The van der Waals surface area contributed by atoms with Crippen LogP contribution in [0.1, 0.15) is 38.3 Å². The van der Waals surface area contributed by atoms with Crippen LogP contribution in [0.5, 0.6) is 0 Å². The molecule has 1 unspecified atom stereocenters. The number of rotatable bonds is 4. The van der Waals surface area contributed by atoms with E-state index in [2.05, 4.69) is 24.1 Å². The fourth-order valence-corrected chi connectivity index (χ4v) is 3.17. The minimum atomic E-state index is 0.240. The lowest BCUT2D eigenvalue weighted by atomic mass is 10.0. The van der Waals surface area contributed by atoms with E-state index < -0.39 is 0 Å². The number of piperidine rings is 1. The van der Waals surface area contributed by atoms with Crippen molar-refractivity contribution in [2.45, 2.75) is 38.8 Å². The van der Waals surface area contributed by atoms with E-state index in [1.165, 1.54) is 25.9 Å². The first-order valence-corrected chi connectivity index (χ1v) is 7.79. The summed E-state index contributed by atoms with van der Waals surface area (Å²) in [5.74, 6) is 0. The molecule has 1 aromatic rings. The fraction of sp³-hybridized carbons (Fsp3) is 0.600. The Kier molecular flexibility index (Phi) is 5.52. The topological polar surface area (TPSA) is 15.3 Å². The first kappa shape index (κ1) is 15.1. The first-order valence-electron chi connectivity index (χ1n) is 7.03. The van der Waals surface area contributed by atoms with Crippen molar-refractivity contribution in [3.63, 3.8) is 0 Å². The molecule has 1 atom stereocenters. The maximum atomic E-state index is 6.25. The molecule has 1 heterocycles. The van der Waals surface area contributed by atoms with Crippen LogP contribution in [0.3, 0.4) is 0 Å². The number of hydrogen-bond donors (Lipinski definition) is 1. The Hall–Kier alpha value is -0.280. The highest BCUT2D eigenvalue weighted by Crippen LogP contribution is 2.27. The Bertz CT molecular complexity index is 415. The number of benzene rings is 1. The summed E-state index contributed by atoms with van der Waals surface area (Å²) in [6.07, 6.45) is 2.41. The zero-order valence-electron chi connectivity index (χ0n) is 11.6. The zero-order chi connectivity index (χ0) is 13.8. The molecule has 0 saturated carbocycles. The van der Waals surface area contributed by atoms with Gasteiger partial charge in [0.1, 0.15) is 0 Å². The number of nitrogens with zero attached hydrogens (tertiary/aromatic N) is 1. The molecule has 1 aliphatic rings. The van der Waals surface area contributed by atoms with Crippen LogP contribution in [0.25, 0.3) is 0 Å². The molecule has 1 saturated heterocycles. The van der Waals surface area contributed by atoms with E-state index in [-0.39, 0.29) is 6.04 Å². The summed E-state index contributed by atoms with van der Waals surface area (Å²) < 4.78 is 0. The molecule has 0 amide bonds. The second-order valence-electron chi connectivity index (χ2n) is 5.26. The van der Waals surface area contributed by atoms with Gasteiger partial charge in [-0.1, -0.05) is 30.1 Å². The van der Waals surface area contributed by atoms with Gasteiger partial charge in [-0.25, -0.2) is 0 Å². The average molecular weight is 301 g/mol. The van der Waals surface area contributed by atoms with Gasteiger partial charge in [-0.05, 0) is 63.2 Å². The molecule has 106 valence electrons. The van der Waals surface area contributed by atoms with Gasteiger partial charge in [-0.15, -0.1) is 0 Å². The summed E-state index contributed by atoms with van der Waals surface area (Å²) in [4.78, 5) is 2.50. The van der Waals surface area contributed by atoms with Crippen molar-refractivity contribution in [2.75, 3.05) is 19.6 Å². The maximum Gasteiger partial charge on any atom is 0.0454 e. The molecular weight excluding hydrogens is 279 g/mol. The molecule has 2 rings (SSSR count). The quantitative estimate of drug-likeness (QED) is 0.899. The summed E-state index contributed by atoms with van der Waals surface area (Å²) in [5, 5.41) is 5.21. The molecule has 1 N–H and O–H groups in total. The Balaban J connectivity index is 1.94. The van der Waals surface area contributed by atoms with Crippen molar-refractivity contribution >= 4 is 23.2 Å². The molecule has 4 heteroatoms. The molecule has 2 nitrogen and oxygen atoms in total. The van der Waals surface area contributed by atoms with Gasteiger partial charge in [0.15, 0.2) is 0 Å². The minimum absolute atomic E-state index is 0.240. The standard InChI is InChI=1S/C15H22Cl2N2/c1-3-19-8-6-13(7-9-19)18-11(2)14-10-12(16)4-5-15(14)17/h4-5,10-11,13,18H,3,6-9H2,1-2H3. The van der Waals surface area contributed by atoms with Gasteiger partial charge in [-0.3, -0.25) is 0 Å². The lowest BCUT2D eigenvalue weighted by Gasteiger charge is -2.33. The van der Waals surface area contributed by atoms with Crippen LogP contribution in [0.15, 0.2) is 18.2 Å². The number of nitrogens with one attached hydrogen (secondary N) is 1. The predicted molar refractivity (Wildman–Crippen MR) is 83.1 cm³/mol. The van der Waals surface area contributed by atoms with Crippen molar-refractivity contribution in [3.05, 3.63) is 33.8 Å². The van der Waals surface area contributed by atoms with Gasteiger partial charge in [0, 0.05) is 22.1 Å². The molecule has 1 aliphatic heterocycles. The average Bonchev–Trinajstić information content (AvgIpc) is 2.42. The van der Waals surface area contributed by atoms with Crippen LogP contribution in [0, 0.1) is 0 Å². The molecule has 0 aliphatic carbocycles. The smallest absolute Gasteiger partial charge is 0.0454 e. The lowest BCUT2D eigenvalue weighted by molar-refractivity contribution is 0.200. The third-order valence-electron chi connectivity index (χ3n) is 3.95. The van der Waals surface area contributed by atoms with Crippen LogP contribution >= 0.6 is 23.2 Å². The predicted octanol–water partition coefficient (Wildman–Crippen LogP) is 4.13. The summed E-state index contributed by atoms with van der Waals surface area (Å²) in [5.41, 5.74) is 1.09. The van der Waals surface area contributed by atoms with E-state index >= 15 is 0 Å². The molecule has 1 aromatic carbocycles. The number of halogens is 2. The molecule has 0 aromatic heterocycles.